The van der Waals surface area contributed by atoms with Crippen LogP contribution in [0.3, 0.4) is 0 Å². The number of ether oxygens (including phenoxy) is 2. The number of hydrogen-bond donors (Lipinski definition) is 1. The van der Waals surface area contributed by atoms with Crippen LogP contribution in [0, 0.1) is 0 Å². The van der Waals surface area contributed by atoms with Gasteiger partial charge in [-0.15, -0.1) is 5.10 Å². The van der Waals surface area contributed by atoms with Crippen LogP contribution in [0.5, 0.6) is 11.5 Å². The lowest BCUT2D eigenvalue weighted by molar-refractivity contribution is -0.123. The van der Waals surface area contributed by atoms with Crippen LogP contribution in [-0.2, 0) is 4.79 Å². The van der Waals surface area contributed by atoms with Crippen LogP contribution < -0.4 is 14.9 Å². The molecule has 1 N–H and O–H groups in total. The van der Waals surface area contributed by atoms with Crippen molar-refractivity contribution in [2.45, 2.75) is 0 Å². The molecule has 0 unspecified atom stereocenters. The van der Waals surface area contributed by atoms with Crippen LogP contribution in [-0.4, -0.2) is 48.9 Å². The number of hydrogen-bond acceptors (Lipinski definition) is 6. The van der Waals surface area contributed by atoms with Gasteiger partial charge in [-0.2, -0.15) is 0 Å². The smallest absolute Gasteiger partial charge is 0.275 e. The lowest BCUT2D eigenvalue weighted by Crippen LogP contribution is -2.28. The highest BCUT2D eigenvalue weighted by Gasteiger charge is 2.24. The van der Waals surface area contributed by atoms with Crippen LogP contribution in [0.1, 0.15) is 10.4 Å². The molecule has 1 aromatic carbocycles. The van der Waals surface area contributed by atoms with Crippen molar-refractivity contribution in [3.8, 4) is 11.5 Å². The Balaban J connectivity index is 2.14. The molecule has 8 heteroatoms. The molecule has 1 aliphatic heterocycles. The highest BCUT2D eigenvalue weighted by molar-refractivity contribution is 8.15. The van der Waals surface area contributed by atoms with Gasteiger partial charge in [0, 0.05) is 13.1 Å². The Labute approximate surface area is 126 Å². The summed E-state index contributed by atoms with van der Waals surface area (Å²) in [5.74, 6) is 0.837. The Morgan fingerprint density at radius 1 is 1.38 bits per heavy atom. The zero-order valence-corrected chi connectivity index (χ0v) is 12.7. The Bertz CT molecular complexity index is 603. The molecule has 1 aliphatic rings. The molecule has 0 aliphatic carbocycles. The quantitative estimate of drug-likeness (QED) is 0.836. The van der Waals surface area contributed by atoms with Crippen LogP contribution in [0.15, 0.2) is 23.3 Å². The minimum atomic E-state index is -0.421. The maximum absolute atomic E-state index is 12.1. The molecule has 1 fully saturated rings. The molecular weight excluding hydrogens is 294 g/mol. The fourth-order valence-corrected chi connectivity index (χ4v) is 2.53. The van der Waals surface area contributed by atoms with Gasteiger partial charge in [-0.3, -0.25) is 14.5 Å². The third kappa shape index (κ3) is 3.27. The van der Waals surface area contributed by atoms with E-state index in [1.54, 1.807) is 25.2 Å². The van der Waals surface area contributed by atoms with E-state index in [-0.39, 0.29) is 5.91 Å². The molecule has 112 valence electrons. The number of hydrazone groups is 1. The van der Waals surface area contributed by atoms with Gasteiger partial charge in [0.1, 0.15) is 11.5 Å². The molecule has 2 rings (SSSR count). The predicted molar refractivity (Wildman–Crippen MR) is 79.7 cm³/mol. The summed E-state index contributed by atoms with van der Waals surface area (Å²) in [4.78, 5) is 24.9. The third-order valence-electron chi connectivity index (χ3n) is 2.89. The zero-order chi connectivity index (χ0) is 15.4. The zero-order valence-electron chi connectivity index (χ0n) is 11.9. The molecule has 0 aromatic heterocycles. The first-order valence-corrected chi connectivity index (χ1v) is 7.04. The van der Waals surface area contributed by atoms with Gasteiger partial charge in [0.05, 0.1) is 25.5 Å². The minimum Gasteiger partial charge on any atom is -0.497 e. The fraction of sp³-hybridized carbons (Fsp3) is 0.308. The van der Waals surface area contributed by atoms with Gasteiger partial charge in [-0.25, -0.2) is 5.43 Å². The van der Waals surface area contributed by atoms with Crippen molar-refractivity contribution < 1.29 is 19.1 Å². The SMILES string of the molecule is COc1ccc(C(=O)N/N=C2/SCC(=O)N2C)c(OC)c1. The van der Waals surface area contributed by atoms with Crippen LogP contribution in [0.25, 0.3) is 0 Å². The Hall–Kier alpha value is -2.22. The van der Waals surface area contributed by atoms with Gasteiger partial charge in [0.25, 0.3) is 5.91 Å². The van der Waals surface area contributed by atoms with Gasteiger partial charge >= 0.3 is 0 Å². The fourth-order valence-electron chi connectivity index (χ4n) is 1.68. The molecule has 21 heavy (non-hydrogen) atoms. The summed E-state index contributed by atoms with van der Waals surface area (Å²) >= 11 is 1.27. The number of nitrogens with zero attached hydrogens (tertiary/aromatic N) is 2. The molecule has 0 radical (unpaired) electrons. The molecule has 1 heterocycles. The van der Waals surface area contributed by atoms with Crippen LogP contribution >= 0.6 is 11.8 Å². The molecule has 1 saturated heterocycles. The molecule has 1 aromatic rings. The molecule has 2 amide bonds. The van der Waals surface area contributed by atoms with Gasteiger partial charge in [0.15, 0.2) is 5.17 Å². The van der Waals surface area contributed by atoms with Crippen molar-refractivity contribution in [1.82, 2.24) is 10.3 Å². The van der Waals surface area contributed by atoms with Gasteiger partial charge in [-0.1, -0.05) is 11.8 Å². The number of benzene rings is 1. The summed E-state index contributed by atoms with van der Waals surface area (Å²) in [6.45, 7) is 0. The minimum absolute atomic E-state index is 0.0463. The maximum atomic E-state index is 12.1. The molecule has 7 nitrogen and oxygen atoms in total. The Morgan fingerprint density at radius 2 is 2.14 bits per heavy atom. The topological polar surface area (TPSA) is 80.2 Å². The van der Waals surface area contributed by atoms with Crippen molar-refractivity contribution in [3.63, 3.8) is 0 Å². The summed E-state index contributed by atoms with van der Waals surface area (Å²) < 4.78 is 10.2. The number of carbonyl (C=O) groups is 2. The van der Waals surface area contributed by atoms with E-state index >= 15 is 0 Å². The number of thioether (sulfide) groups is 1. The summed E-state index contributed by atoms with van der Waals surface area (Å²) in [6.07, 6.45) is 0. The van der Waals surface area contributed by atoms with Gasteiger partial charge in [-0.05, 0) is 12.1 Å². The van der Waals surface area contributed by atoms with E-state index in [2.05, 4.69) is 10.5 Å². The molecular formula is C13H15N3O4S. The summed E-state index contributed by atoms with van der Waals surface area (Å²) in [5.41, 5.74) is 2.75. The van der Waals surface area contributed by atoms with Crippen LogP contribution in [0.2, 0.25) is 0 Å². The highest BCUT2D eigenvalue weighted by Crippen LogP contribution is 2.24. The van der Waals surface area contributed by atoms with E-state index in [9.17, 15) is 9.59 Å². The second-order valence-corrected chi connectivity index (χ2v) is 5.09. The molecule has 0 spiro atoms. The first-order chi connectivity index (χ1) is 10.1. The predicted octanol–water partition coefficient (Wildman–Crippen LogP) is 0.910. The van der Waals surface area contributed by atoms with Crippen molar-refractivity contribution in [1.29, 1.82) is 0 Å². The average Bonchev–Trinajstić information content (AvgIpc) is 2.83. The van der Waals surface area contributed by atoms with Crippen molar-refractivity contribution in [2.24, 2.45) is 5.10 Å². The number of rotatable bonds is 4. The number of carbonyl (C=O) groups excluding carboxylic acids is 2. The van der Waals surface area contributed by atoms with Crippen molar-refractivity contribution in [2.75, 3.05) is 27.0 Å². The van der Waals surface area contributed by atoms with E-state index in [1.807, 2.05) is 0 Å². The molecule has 0 atom stereocenters. The Kier molecular flexibility index (Phi) is 4.69. The monoisotopic (exact) mass is 309 g/mol. The van der Waals surface area contributed by atoms with Gasteiger partial charge in [0.2, 0.25) is 5.91 Å². The second kappa shape index (κ2) is 6.49. The summed E-state index contributed by atoms with van der Waals surface area (Å²) in [6, 6.07) is 4.86. The molecule has 0 bridgehead atoms. The van der Waals surface area contributed by atoms with E-state index < -0.39 is 5.91 Å². The average molecular weight is 309 g/mol. The van der Waals surface area contributed by atoms with Crippen molar-refractivity contribution in [3.05, 3.63) is 23.8 Å². The van der Waals surface area contributed by atoms with Crippen LogP contribution in [0.4, 0.5) is 0 Å². The van der Waals surface area contributed by atoms with E-state index in [0.717, 1.165) is 0 Å². The first kappa shape index (κ1) is 15.2. The third-order valence-corrected chi connectivity index (χ3v) is 3.91. The lowest BCUT2D eigenvalue weighted by Gasteiger charge is -2.10. The normalized spacial score (nSPS) is 16.2. The lowest BCUT2D eigenvalue weighted by atomic mass is 10.2. The molecule has 0 saturated carbocycles. The van der Waals surface area contributed by atoms with E-state index in [1.165, 1.54) is 30.9 Å². The highest BCUT2D eigenvalue weighted by atomic mass is 32.2. The van der Waals surface area contributed by atoms with E-state index in [0.29, 0.717) is 28.0 Å². The largest absolute Gasteiger partial charge is 0.497 e. The standard InChI is InChI=1S/C13H15N3O4S/c1-16-11(17)7-21-13(16)15-14-12(18)9-5-4-8(19-2)6-10(9)20-3/h4-6H,7H2,1-3H3,(H,14,18)/b15-13+. The summed E-state index contributed by atoms with van der Waals surface area (Å²) in [5, 5.41) is 4.41. The number of amidine groups is 1. The summed E-state index contributed by atoms with van der Waals surface area (Å²) in [7, 11) is 4.61. The maximum Gasteiger partial charge on any atom is 0.275 e. The Morgan fingerprint density at radius 3 is 2.71 bits per heavy atom. The van der Waals surface area contributed by atoms with E-state index in [4.69, 9.17) is 9.47 Å². The number of amides is 2. The van der Waals surface area contributed by atoms with Gasteiger partial charge < -0.3 is 9.47 Å². The number of methoxy groups -OCH3 is 2. The second-order valence-electron chi connectivity index (χ2n) is 4.14. The van der Waals surface area contributed by atoms with Crippen molar-refractivity contribution >= 4 is 28.7 Å². The number of nitrogens with one attached hydrogen (secondary N) is 1. The first-order valence-electron chi connectivity index (χ1n) is 6.06.